The van der Waals surface area contributed by atoms with E-state index >= 15 is 0 Å². The van der Waals surface area contributed by atoms with Crippen LogP contribution in [-0.4, -0.2) is 20.1 Å². The van der Waals surface area contributed by atoms with Gasteiger partial charge in [0, 0.05) is 0 Å². The number of esters is 1. The van der Waals surface area contributed by atoms with Crippen molar-refractivity contribution in [3.05, 3.63) is 29.8 Å². The maximum Gasteiger partial charge on any atom is 0.337 e. The Morgan fingerprint density at radius 3 is 2.58 bits per heavy atom. The monoisotopic (exact) mass is 169 g/mol. The maximum atomic E-state index is 11.2. The molecule has 0 aliphatic rings. The van der Waals surface area contributed by atoms with E-state index in [1.807, 2.05) is 0 Å². The molecule has 1 aromatic carbocycles. The van der Waals surface area contributed by atoms with Crippen molar-refractivity contribution < 1.29 is 18.4 Å². The Hall–Kier alpha value is -1.51. The Morgan fingerprint density at radius 1 is 1.42 bits per heavy atom. The molecule has 0 heterocycles. The van der Waals surface area contributed by atoms with Crippen molar-refractivity contribution in [2.45, 2.75) is 0 Å². The van der Waals surface area contributed by atoms with Gasteiger partial charge in [-0.2, -0.15) is 0 Å². The van der Waals surface area contributed by atoms with Crippen LogP contribution in [0.15, 0.2) is 24.3 Å². The Bertz CT molecular complexity index is 343. The normalized spacial score (nSPS) is 13.9. The van der Waals surface area contributed by atoms with Crippen molar-refractivity contribution >= 4 is 5.97 Å². The molecule has 12 heavy (non-hydrogen) atoms. The summed E-state index contributed by atoms with van der Waals surface area (Å²) in [5.41, 5.74) is 0.173. The zero-order valence-electron chi connectivity index (χ0n) is 9.53. The van der Waals surface area contributed by atoms with Crippen molar-refractivity contribution in [3.8, 4) is 5.75 Å². The van der Waals surface area contributed by atoms with Gasteiger partial charge < -0.3 is 9.47 Å². The van der Waals surface area contributed by atoms with Gasteiger partial charge in [0.05, 0.1) is 23.8 Å². The third kappa shape index (κ3) is 1.75. The summed E-state index contributed by atoms with van der Waals surface area (Å²) in [6, 6.07) is 5.98. The molecule has 0 aliphatic carbocycles. The highest BCUT2D eigenvalue weighted by molar-refractivity contribution is 5.89. The van der Waals surface area contributed by atoms with Crippen LogP contribution in [0, 0.1) is 0 Å². The summed E-state index contributed by atoms with van der Waals surface area (Å²) >= 11 is 0. The van der Waals surface area contributed by atoms with E-state index in [4.69, 9.17) is 8.85 Å². The predicted molar refractivity (Wildman–Crippen MR) is 44.3 cm³/mol. The third-order valence-corrected chi connectivity index (χ3v) is 1.42. The van der Waals surface area contributed by atoms with E-state index < -0.39 is 13.0 Å². The van der Waals surface area contributed by atoms with Gasteiger partial charge in [0.15, 0.2) is 0 Å². The lowest BCUT2D eigenvalue weighted by molar-refractivity contribution is 0.0600. The molecule has 3 nitrogen and oxygen atoms in total. The van der Waals surface area contributed by atoms with E-state index in [-0.39, 0.29) is 5.56 Å². The summed E-state index contributed by atoms with van der Waals surface area (Å²) in [5, 5.41) is 0. The first-order chi connectivity index (χ1) is 6.92. The van der Waals surface area contributed by atoms with Gasteiger partial charge in [-0.3, -0.25) is 0 Å². The Labute approximate surface area is 75.1 Å². The van der Waals surface area contributed by atoms with Gasteiger partial charge in [0.25, 0.3) is 0 Å². The first kappa shape index (κ1) is 5.19. The van der Waals surface area contributed by atoms with Crippen LogP contribution >= 0.6 is 0 Å². The second-order valence-corrected chi connectivity index (χ2v) is 2.12. The average Bonchev–Trinajstić information content (AvgIpc) is 2.15. The van der Waals surface area contributed by atoms with E-state index in [0.29, 0.717) is 5.75 Å². The molecule has 64 valence electrons. The number of methoxy groups -OCH3 is 2. The molecule has 0 radical (unpaired) electrons. The first-order valence-corrected chi connectivity index (χ1v) is 3.30. The van der Waals surface area contributed by atoms with Gasteiger partial charge in [-0.25, -0.2) is 4.79 Å². The van der Waals surface area contributed by atoms with Crippen LogP contribution in [0.3, 0.4) is 0 Å². The minimum Gasteiger partial charge on any atom is -0.497 e. The fourth-order valence-electron chi connectivity index (χ4n) is 0.786. The molecular weight excluding hydrogens is 156 g/mol. The molecule has 0 bridgehead atoms. The molecule has 0 atom stereocenters. The van der Waals surface area contributed by atoms with Gasteiger partial charge in [0.1, 0.15) is 5.75 Å². The van der Waals surface area contributed by atoms with Gasteiger partial charge in [-0.1, -0.05) is 0 Å². The minimum atomic E-state index is -2.71. The maximum absolute atomic E-state index is 11.2. The van der Waals surface area contributed by atoms with Gasteiger partial charge in [-0.15, -0.1) is 0 Å². The van der Waals surface area contributed by atoms with Crippen molar-refractivity contribution in [1.29, 1.82) is 0 Å². The third-order valence-electron chi connectivity index (χ3n) is 1.42. The van der Waals surface area contributed by atoms with Crippen LogP contribution in [0.5, 0.6) is 5.75 Å². The highest BCUT2D eigenvalue weighted by atomic mass is 16.5. The second-order valence-electron chi connectivity index (χ2n) is 2.12. The number of carbonyl (C=O) groups is 1. The lowest BCUT2D eigenvalue weighted by Crippen LogP contribution is -2.00. The molecule has 0 aromatic heterocycles. The number of ether oxygens (including phenoxy) is 2. The number of hydrogen-bond donors (Lipinski definition) is 0. The summed E-state index contributed by atoms with van der Waals surface area (Å²) in [7, 11) is -1.22. The average molecular weight is 169 g/mol. The highest BCUT2D eigenvalue weighted by Crippen LogP contribution is 2.11. The quantitative estimate of drug-likeness (QED) is 0.629. The van der Waals surface area contributed by atoms with Crippen LogP contribution in [0.1, 0.15) is 14.5 Å². The van der Waals surface area contributed by atoms with E-state index in [9.17, 15) is 4.79 Å². The van der Waals surface area contributed by atoms with Crippen molar-refractivity contribution in [2.24, 2.45) is 0 Å². The molecule has 0 saturated carbocycles. The van der Waals surface area contributed by atoms with Gasteiger partial charge >= 0.3 is 5.97 Å². The molecule has 1 rings (SSSR count). The summed E-state index contributed by atoms with van der Waals surface area (Å²) in [6.45, 7) is 0. The Morgan fingerprint density at radius 2 is 2.08 bits per heavy atom. The Kier molecular flexibility index (Phi) is 1.63. The van der Waals surface area contributed by atoms with Crippen molar-refractivity contribution in [2.75, 3.05) is 14.1 Å². The van der Waals surface area contributed by atoms with Crippen LogP contribution in [-0.2, 0) is 4.74 Å². The van der Waals surface area contributed by atoms with E-state index in [1.165, 1.54) is 19.2 Å². The van der Waals surface area contributed by atoms with Gasteiger partial charge in [0.2, 0.25) is 0 Å². The number of rotatable bonds is 2. The molecule has 0 saturated heterocycles. The summed E-state index contributed by atoms with van der Waals surface area (Å²) < 4.78 is 29.4. The fourth-order valence-corrected chi connectivity index (χ4v) is 0.786. The predicted octanol–water partition coefficient (Wildman–Crippen LogP) is 1.48. The minimum absolute atomic E-state index is 0.173. The first-order valence-electron chi connectivity index (χ1n) is 4.80. The molecule has 3 heteroatoms. The van der Waals surface area contributed by atoms with E-state index in [1.54, 1.807) is 12.1 Å². The molecule has 1 aromatic rings. The summed E-state index contributed by atoms with van der Waals surface area (Å²) in [5.74, 6) is -0.293. The van der Waals surface area contributed by atoms with Crippen LogP contribution in [0.25, 0.3) is 0 Å². The number of benzene rings is 1. The molecule has 0 aliphatic heterocycles. The van der Waals surface area contributed by atoms with Crippen LogP contribution in [0.4, 0.5) is 0 Å². The zero-order valence-corrected chi connectivity index (χ0v) is 6.53. The molecular formula is C9H10O3. The van der Waals surface area contributed by atoms with Crippen LogP contribution in [0.2, 0.25) is 0 Å². The Balaban J connectivity index is 2.75. The molecule has 0 N–H and O–H groups in total. The van der Waals surface area contributed by atoms with Gasteiger partial charge in [-0.05, 0) is 24.3 Å². The number of carbonyl (C=O) groups excluding carboxylic acids is 1. The zero-order chi connectivity index (χ0) is 11.5. The molecule has 0 fully saturated rings. The lowest BCUT2D eigenvalue weighted by Gasteiger charge is -2.00. The highest BCUT2D eigenvalue weighted by Gasteiger charge is 2.03. The van der Waals surface area contributed by atoms with Crippen molar-refractivity contribution in [1.82, 2.24) is 0 Å². The number of hydrogen-bond acceptors (Lipinski definition) is 3. The molecule has 0 spiro atoms. The SMILES string of the molecule is [2H]C([2H])([2H])OC(=O)c1ccc(OC)cc1. The summed E-state index contributed by atoms with van der Waals surface area (Å²) in [6.07, 6.45) is 0. The second kappa shape index (κ2) is 3.76. The van der Waals surface area contributed by atoms with E-state index in [2.05, 4.69) is 4.74 Å². The molecule has 0 amide bonds. The topological polar surface area (TPSA) is 35.5 Å². The smallest absolute Gasteiger partial charge is 0.337 e. The largest absolute Gasteiger partial charge is 0.497 e. The lowest BCUT2D eigenvalue weighted by atomic mass is 10.2. The standard InChI is InChI=1S/C9H10O3/c1-11-8-5-3-7(4-6-8)9(10)12-2/h3-6H,1-2H3/i2D3. The van der Waals surface area contributed by atoms with Crippen molar-refractivity contribution in [3.63, 3.8) is 0 Å². The van der Waals surface area contributed by atoms with Crippen LogP contribution < -0.4 is 4.74 Å². The summed E-state index contributed by atoms with van der Waals surface area (Å²) in [4.78, 5) is 11.2. The molecule has 0 unspecified atom stereocenters. The fraction of sp³-hybridized carbons (Fsp3) is 0.222. The van der Waals surface area contributed by atoms with E-state index in [0.717, 1.165) is 0 Å².